The predicted octanol–water partition coefficient (Wildman–Crippen LogP) is 1.20. The van der Waals surface area contributed by atoms with Gasteiger partial charge in [0.2, 0.25) is 5.91 Å². The number of carbonyl (C=O) groups excluding carboxylic acids is 1. The fourth-order valence-corrected chi connectivity index (χ4v) is 2.17. The van der Waals surface area contributed by atoms with Crippen molar-refractivity contribution in [3.63, 3.8) is 0 Å². The summed E-state index contributed by atoms with van der Waals surface area (Å²) in [6, 6.07) is 7.19. The van der Waals surface area contributed by atoms with E-state index >= 15 is 0 Å². The molecule has 0 fully saturated rings. The lowest BCUT2D eigenvalue weighted by Crippen LogP contribution is -2.13. The van der Waals surface area contributed by atoms with Crippen LogP contribution in [-0.2, 0) is 13.1 Å². The van der Waals surface area contributed by atoms with Crippen molar-refractivity contribution < 1.29 is 9.90 Å². The number of amides is 1. The van der Waals surface area contributed by atoms with E-state index in [0.717, 1.165) is 22.6 Å². The van der Waals surface area contributed by atoms with Crippen molar-refractivity contribution >= 4 is 11.7 Å². The second kappa shape index (κ2) is 6.41. The largest absolute Gasteiger partial charge is 0.394 e. The molecule has 112 valence electrons. The Morgan fingerprint density at radius 3 is 2.86 bits per heavy atom. The monoisotopic (exact) mass is 288 g/mol. The summed E-state index contributed by atoms with van der Waals surface area (Å²) in [5, 5.41) is 16.8. The van der Waals surface area contributed by atoms with Gasteiger partial charge in [0.1, 0.15) is 5.82 Å². The van der Waals surface area contributed by atoms with Crippen molar-refractivity contribution in [2.24, 2.45) is 5.73 Å². The smallest absolute Gasteiger partial charge is 0.248 e. The molecule has 0 saturated carbocycles. The zero-order valence-electron chi connectivity index (χ0n) is 12.3. The maximum Gasteiger partial charge on any atom is 0.248 e. The third kappa shape index (κ3) is 3.41. The van der Waals surface area contributed by atoms with Gasteiger partial charge in [0.25, 0.3) is 0 Å². The molecule has 1 aromatic heterocycles. The summed E-state index contributed by atoms with van der Waals surface area (Å²) in [7, 11) is 0. The maximum atomic E-state index is 11.2. The van der Waals surface area contributed by atoms with Crippen LogP contribution in [0.4, 0.5) is 5.82 Å². The number of anilines is 1. The predicted molar refractivity (Wildman–Crippen MR) is 81.1 cm³/mol. The third-order valence-corrected chi connectivity index (χ3v) is 3.41. The van der Waals surface area contributed by atoms with Crippen LogP contribution in [0.3, 0.4) is 0 Å². The van der Waals surface area contributed by atoms with Crippen molar-refractivity contribution in [2.45, 2.75) is 26.9 Å². The summed E-state index contributed by atoms with van der Waals surface area (Å²) in [5.41, 5.74) is 8.71. The van der Waals surface area contributed by atoms with Gasteiger partial charge in [-0.2, -0.15) is 5.10 Å². The average Bonchev–Trinajstić information content (AvgIpc) is 2.72. The summed E-state index contributed by atoms with van der Waals surface area (Å²) in [6.45, 7) is 4.95. The molecule has 0 aliphatic rings. The number of benzene rings is 1. The second-order valence-corrected chi connectivity index (χ2v) is 4.92. The number of aliphatic hydroxyl groups excluding tert-OH is 1. The van der Waals surface area contributed by atoms with Gasteiger partial charge < -0.3 is 16.2 Å². The molecule has 6 heteroatoms. The standard InChI is InChI=1S/C15H20N4O2/c1-10-11(2)18-19(6-7-20)15(10)17-9-12-4-3-5-13(8-12)14(16)21/h3-5,8,17,20H,6-7,9H2,1-2H3,(H2,16,21). The van der Waals surface area contributed by atoms with Crippen LogP contribution in [-0.4, -0.2) is 27.4 Å². The minimum Gasteiger partial charge on any atom is -0.394 e. The lowest BCUT2D eigenvalue weighted by Gasteiger charge is -2.10. The number of rotatable bonds is 6. The minimum atomic E-state index is -0.436. The number of aromatic nitrogens is 2. The number of primary amides is 1. The minimum absolute atomic E-state index is 0.0341. The van der Waals surface area contributed by atoms with Crippen LogP contribution in [0.15, 0.2) is 24.3 Å². The van der Waals surface area contributed by atoms with E-state index in [1.807, 2.05) is 19.9 Å². The van der Waals surface area contributed by atoms with Crippen molar-refractivity contribution in [1.82, 2.24) is 9.78 Å². The topological polar surface area (TPSA) is 93.2 Å². The van der Waals surface area contributed by atoms with Gasteiger partial charge >= 0.3 is 0 Å². The van der Waals surface area contributed by atoms with Gasteiger partial charge in [0, 0.05) is 17.7 Å². The quantitative estimate of drug-likeness (QED) is 0.744. The van der Waals surface area contributed by atoms with Crippen LogP contribution in [0.25, 0.3) is 0 Å². The van der Waals surface area contributed by atoms with Gasteiger partial charge in [-0.05, 0) is 31.5 Å². The number of carbonyl (C=O) groups is 1. The van der Waals surface area contributed by atoms with Gasteiger partial charge in [0.15, 0.2) is 0 Å². The van der Waals surface area contributed by atoms with E-state index in [-0.39, 0.29) is 6.61 Å². The lowest BCUT2D eigenvalue weighted by molar-refractivity contribution is 0.1000. The fraction of sp³-hybridized carbons (Fsp3) is 0.333. The summed E-state index contributed by atoms with van der Waals surface area (Å²) < 4.78 is 1.75. The van der Waals surface area contributed by atoms with E-state index < -0.39 is 5.91 Å². The third-order valence-electron chi connectivity index (χ3n) is 3.41. The van der Waals surface area contributed by atoms with Gasteiger partial charge in [0.05, 0.1) is 18.8 Å². The number of hydrogen-bond acceptors (Lipinski definition) is 4. The van der Waals surface area contributed by atoms with Crippen molar-refractivity contribution in [3.8, 4) is 0 Å². The first-order valence-electron chi connectivity index (χ1n) is 6.80. The van der Waals surface area contributed by atoms with E-state index in [1.54, 1.807) is 22.9 Å². The Labute approximate surface area is 123 Å². The molecule has 0 aliphatic heterocycles. The lowest BCUT2D eigenvalue weighted by atomic mass is 10.1. The Morgan fingerprint density at radius 1 is 1.43 bits per heavy atom. The van der Waals surface area contributed by atoms with Crippen molar-refractivity contribution in [1.29, 1.82) is 0 Å². The molecule has 0 spiro atoms. The van der Waals surface area contributed by atoms with E-state index in [4.69, 9.17) is 10.8 Å². The Morgan fingerprint density at radius 2 is 2.19 bits per heavy atom. The van der Waals surface area contributed by atoms with Gasteiger partial charge in [-0.15, -0.1) is 0 Å². The first-order valence-corrected chi connectivity index (χ1v) is 6.80. The van der Waals surface area contributed by atoms with Gasteiger partial charge in [-0.3, -0.25) is 4.79 Å². The number of hydrogen-bond donors (Lipinski definition) is 3. The Kier molecular flexibility index (Phi) is 4.59. The van der Waals surface area contributed by atoms with Crippen molar-refractivity contribution in [3.05, 3.63) is 46.6 Å². The first kappa shape index (κ1) is 15.1. The maximum absolute atomic E-state index is 11.2. The van der Waals surface area contributed by atoms with Crippen LogP contribution >= 0.6 is 0 Å². The Bertz CT molecular complexity index is 649. The first-order chi connectivity index (χ1) is 10.0. The number of aryl methyl sites for hydroxylation is 1. The molecule has 6 nitrogen and oxygen atoms in total. The SMILES string of the molecule is Cc1nn(CCO)c(NCc2cccc(C(N)=O)c2)c1C. The molecule has 1 heterocycles. The molecule has 1 aromatic carbocycles. The second-order valence-electron chi connectivity index (χ2n) is 4.92. The zero-order valence-corrected chi connectivity index (χ0v) is 12.3. The molecule has 0 radical (unpaired) electrons. The fourth-order valence-electron chi connectivity index (χ4n) is 2.17. The highest BCUT2D eigenvalue weighted by atomic mass is 16.3. The van der Waals surface area contributed by atoms with Crippen molar-refractivity contribution in [2.75, 3.05) is 11.9 Å². The molecule has 0 atom stereocenters. The van der Waals surface area contributed by atoms with Crippen LogP contribution < -0.4 is 11.1 Å². The molecule has 2 aromatic rings. The molecule has 4 N–H and O–H groups in total. The van der Waals surface area contributed by atoms with Crippen LogP contribution in [0.1, 0.15) is 27.2 Å². The van der Waals surface area contributed by atoms with E-state index in [2.05, 4.69) is 10.4 Å². The molecule has 21 heavy (non-hydrogen) atoms. The van der Waals surface area contributed by atoms with E-state index in [1.165, 1.54) is 0 Å². The molecule has 2 rings (SSSR count). The zero-order chi connectivity index (χ0) is 15.4. The average molecular weight is 288 g/mol. The van der Waals surface area contributed by atoms with Crippen LogP contribution in [0.2, 0.25) is 0 Å². The number of aliphatic hydroxyl groups is 1. The van der Waals surface area contributed by atoms with Gasteiger partial charge in [-0.25, -0.2) is 4.68 Å². The van der Waals surface area contributed by atoms with Crippen LogP contribution in [0.5, 0.6) is 0 Å². The van der Waals surface area contributed by atoms with E-state index in [9.17, 15) is 4.79 Å². The number of nitrogens with zero attached hydrogens (tertiary/aromatic N) is 2. The normalized spacial score (nSPS) is 10.6. The van der Waals surface area contributed by atoms with Gasteiger partial charge in [-0.1, -0.05) is 12.1 Å². The summed E-state index contributed by atoms with van der Waals surface area (Å²) >= 11 is 0. The molecular weight excluding hydrogens is 268 g/mol. The highest BCUT2D eigenvalue weighted by molar-refractivity contribution is 5.92. The Hall–Kier alpha value is -2.34. The summed E-state index contributed by atoms with van der Waals surface area (Å²) in [6.07, 6.45) is 0. The highest BCUT2D eigenvalue weighted by Crippen LogP contribution is 2.19. The molecule has 1 amide bonds. The molecule has 0 aliphatic carbocycles. The number of nitrogens with one attached hydrogen (secondary N) is 1. The number of nitrogens with two attached hydrogens (primary N) is 1. The van der Waals surface area contributed by atoms with Crippen LogP contribution in [0, 0.1) is 13.8 Å². The molecule has 0 bridgehead atoms. The molecule has 0 unspecified atom stereocenters. The van der Waals surface area contributed by atoms with E-state index in [0.29, 0.717) is 18.7 Å². The Balaban J connectivity index is 2.16. The summed E-state index contributed by atoms with van der Waals surface area (Å²) in [5.74, 6) is 0.445. The summed E-state index contributed by atoms with van der Waals surface area (Å²) in [4.78, 5) is 11.2. The molecular formula is C15H20N4O2. The molecule has 0 saturated heterocycles. The highest BCUT2D eigenvalue weighted by Gasteiger charge is 2.11.